The van der Waals surface area contributed by atoms with E-state index in [0.29, 0.717) is 12.2 Å². The van der Waals surface area contributed by atoms with Crippen LogP contribution in [0.15, 0.2) is 60.9 Å². The van der Waals surface area contributed by atoms with Crippen LogP contribution in [0.3, 0.4) is 0 Å². The molecule has 0 aliphatic carbocycles. The van der Waals surface area contributed by atoms with Crippen LogP contribution in [0.4, 0.5) is 5.69 Å². The van der Waals surface area contributed by atoms with Crippen molar-refractivity contribution in [2.24, 2.45) is 0 Å². The summed E-state index contributed by atoms with van der Waals surface area (Å²) in [5.41, 5.74) is 3.33. The van der Waals surface area contributed by atoms with Gasteiger partial charge in [0.05, 0.1) is 24.1 Å². The summed E-state index contributed by atoms with van der Waals surface area (Å²) in [5.74, 6) is 0.728. The molecular weight excluding hydrogens is 290 g/mol. The van der Waals surface area contributed by atoms with Crippen molar-refractivity contribution in [1.82, 2.24) is 9.78 Å². The van der Waals surface area contributed by atoms with E-state index in [0.717, 1.165) is 29.1 Å². The first-order chi connectivity index (χ1) is 11.3. The Balaban J connectivity index is 1.52. The minimum Gasteiger partial charge on any atom is -0.493 e. The fourth-order valence-corrected chi connectivity index (χ4v) is 2.63. The second-order valence-corrected chi connectivity index (χ2v) is 5.38. The van der Waals surface area contributed by atoms with E-state index >= 15 is 0 Å². The van der Waals surface area contributed by atoms with Crippen molar-refractivity contribution in [2.45, 2.75) is 6.42 Å². The highest BCUT2D eigenvalue weighted by Gasteiger charge is 2.14. The number of hydrogen-bond donors (Lipinski definition) is 1. The van der Waals surface area contributed by atoms with Crippen molar-refractivity contribution >= 4 is 11.6 Å². The second kappa shape index (κ2) is 5.61. The van der Waals surface area contributed by atoms with Gasteiger partial charge in [0.15, 0.2) is 0 Å². The minimum atomic E-state index is -0.175. The maximum Gasteiger partial charge on any atom is 0.258 e. The smallest absolute Gasteiger partial charge is 0.258 e. The SMILES string of the molecule is O=C(Nc1ccc2c(c1)CCO2)c1cnn(-c2ccccc2)c1. The molecule has 1 amide bonds. The second-order valence-electron chi connectivity index (χ2n) is 5.38. The number of fused-ring (bicyclic) bond motifs is 1. The molecule has 0 spiro atoms. The molecule has 0 saturated heterocycles. The summed E-state index contributed by atoms with van der Waals surface area (Å²) in [7, 11) is 0. The number of aromatic nitrogens is 2. The Bertz CT molecular complexity index is 856. The molecule has 2 aromatic carbocycles. The lowest BCUT2D eigenvalue weighted by atomic mass is 10.1. The molecule has 23 heavy (non-hydrogen) atoms. The lowest BCUT2D eigenvalue weighted by Crippen LogP contribution is -2.11. The lowest BCUT2D eigenvalue weighted by Gasteiger charge is -2.05. The van der Waals surface area contributed by atoms with Crippen LogP contribution in [-0.2, 0) is 6.42 Å². The molecule has 0 saturated carbocycles. The van der Waals surface area contributed by atoms with Crippen molar-refractivity contribution in [1.29, 1.82) is 0 Å². The van der Waals surface area contributed by atoms with Crippen LogP contribution in [0.25, 0.3) is 5.69 Å². The Morgan fingerprint density at radius 3 is 2.91 bits per heavy atom. The molecule has 114 valence electrons. The molecule has 1 aromatic heterocycles. The molecule has 5 nitrogen and oxygen atoms in total. The Labute approximate surface area is 133 Å². The summed E-state index contributed by atoms with van der Waals surface area (Å²) >= 11 is 0. The van der Waals surface area contributed by atoms with Gasteiger partial charge in [0.2, 0.25) is 0 Å². The molecular formula is C18H15N3O2. The van der Waals surface area contributed by atoms with Gasteiger partial charge in [-0.3, -0.25) is 4.79 Å². The van der Waals surface area contributed by atoms with Gasteiger partial charge in [0.25, 0.3) is 5.91 Å². The van der Waals surface area contributed by atoms with Gasteiger partial charge in [-0.15, -0.1) is 0 Å². The molecule has 1 aliphatic rings. The Kier molecular flexibility index (Phi) is 3.31. The van der Waals surface area contributed by atoms with Gasteiger partial charge in [-0.05, 0) is 35.9 Å². The number of carbonyl (C=O) groups is 1. The quantitative estimate of drug-likeness (QED) is 0.809. The molecule has 1 N–H and O–H groups in total. The molecule has 0 bridgehead atoms. The largest absolute Gasteiger partial charge is 0.493 e. The zero-order valence-electron chi connectivity index (χ0n) is 12.4. The van der Waals surface area contributed by atoms with Crippen LogP contribution in [0, 0.1) is 0 Å². The summed E-state index contributed by atoms with van der Waals surface area (Å²) < 4.78 is 7.16. The highest BCUT2D eigenvalue weighted by atomic mass is 16.5. The molecule has 0 unspecified atom stereocenters. The molecule has 3 aromatic rings. The van der Waals surface area contributed by atoms with Crippen LogP contribution in [0.1, 0.15) is 15.9 Å². The van der Waals surface area contributed by atoms with Gasteiger partial charge in [-0.1, -0.05) is 18.2 Å². The number of nitrogens with zero attached hydrogens (tertiary/aromatic N) is 2. The maximum atomic E-state index is 12.4. The standard InChI is InChI=1S/C18H15N3O2/c22-18(20-15-6-7-17-13(10-15)8-9-23-17)14-11-19-21(12-14)16-4-2-1-3-5-16/h1-7,10-12H,8-9H2,(H,20,22). The van der Waals surface area contributed by atoms with Gasteiger partial charge in [0.1, 0.15) is 5.75 Å². The Morgan fingerprint density at radius 1 is 1.17 bits per heavy atom. The zero-order valence-corrected chi connectivity index (χ0v) is 12.4. The van der Waals surface area contributed by atoms with Crippen molar-refractivity contribution < 1.29 is 9.53 Å². The van der Waals surface area contributed by atoms with E-state index in [1.807, 2.05) is 48.5 Å². The van der Waals surface area contributed by atoms with E-state index in [9.17, 15) is 4.79 Å². The monoisotopic (exact) mass is 305 g/mol. The third-order valence-corrected chi connectivity index (χ3v) is 3.81. The first kappa shape index (κ1) is 13.6. The van der Waals surface area contributed by atoms with Crippen LogP contribution in [0.5, 0.6) is 5.75 Å². The van der Waals surface area contributed by atoms with Crippen molar-refractivity contribution in [3.05, 3.63) is 72.1 Å². The lowest BCUT2D eigenvalue weighted by molar-refractivity contribution is 0.102. The van der Waals surface area contributed by atoms with Gasteiger partial charge in [0, 0.05) is 18.3 Å². The van der Waals surface area contributed by atoms with Crippen LogP contribution < -0.4 is 10.1 Å². The van der Waals surface area contributed by atoms with Crippen molar-refractivity contribution in [3.63, 3.8) is 0 Å². The summed E-state index contributed by atoms with van der Waals surface area (Å²) in [5, 5.41) is 7.15. The third kappa shape index (κ3) is 2.68. The summed E-state index contributed by atoms with van der Waals surface area (Å²) in [6, 6.07) is 15.4. The van der Waals surface area contributed by atoms with Gasteiger partial charge >= 0.3 is 0 Å². The summed E-state index contributed by atoms with van der Waals surface area (Å²) in [4.78, 5) is 12.4. The maximum absolute atomic E-state index is 12.4. The molecule has 2 heterocycles. The highest BCUT2D eigenvalue weighted by molar-refractivity contribution is 6.04. The highest BCUT2D eigenvalue weighted by Crippen LogP contribution is 2.28. The van der Waals surface area contributed by atoms with E-state index in [-0.39, 0.29) is 5.91 Å². The fraction of sp³-hybridized carbons (Fsp3) is 0.111. The van der Waals surface area contributed by atoms with Crippen LogP contribution in [0.2, 0.25) is 0 Å². The predicted octanol–water partition coefficient (Wildman–Crippen LogP) is 3.06. The minimum absolute atomic E-state index is 0.175. The average Bonchev–Trinajstić information content (AvgIpc) is 3.24. The average molecular weight is 305 g/mol. The topological polar surface area (TPSA) is 56.1 Å². The molecule has 0 fully saturated rings. The number of amides is 1. The van der Waals surface area contributed by atoms with Crippen molar-refractivity contribution in [3.8, 4) is 11.4 Å². The van der Waals surface area contributed by atoms with Gasteiger partial charge in [-0.25, -0.2) is 4.68 Å². The number of benzene rings is 2. The van der Waals surface area contributed by atoms with E-state index in [1.165, 1.54) is 0 Å². The van der Waals surface area contributed by atoms with E-state index in [2.05, 4.69) is 10.4 Å². The first-order valence-corrected chi connectivity index (χ1v) is 7.47. The number of anilines is 1. The van der Waals surface area contributed by atoms with Crippen molar-refractivity contribution in [2.75, 3.05) is 11.9 Å². The number of para-hydroxylation sites is 1. The fourth-order valence-electron chi connectivity index (χ4n) is 2.63. The van der Waals surface area contributed by atoms with E-state index in [1.54, 1.807) is 17.1 Å². The van der Waals surface area contributed by atoms with Crippen LogP contribution >= 0.6 is 0 Å². The molecule has 5 heteroatoms. The predicted molar refractivity (Wildman–Crippen MR) is 87.2 cm³/mol. The normalized spacial score (nSPS) is 12.5. The number of ether oxygens (including phenoxy) is 1. The number of hydrogen-bond acceptors (Lipinski definition) is 3. The zero-order chi connectivity index (χ0) is 15.6. The molecule has 4 rings (SSSR count). The van der Waals surface area contributed by atoms with E-state index in [4.69, 9.17) is 4.74 Å². The van der Waals surface area contributed by atoms with Gasteiger partial charge < -0.3 is 10.1 Å². The number of carbonyl (C=O) groups excluding carboxylic acids is 1. The summed E-state index contributed by atoms with van der Waals surface area (Å²) in [6.07, 6.45) is 4.17. The molecule has 0 radical (unpaired) electrons. The van der Waals surface area contributed by atoms with Gasteiger partial charge in [-0.2, -0.15) is 5.10 Å². The number of nitrogens with one attached hydrogen (secondary N) is 1. The number of rotatable bonds is 3. The molecule has 0 atom stereocenters. The van der Waals surface area contributed by atoms with E-state index < -0.39 is 0 Å². The van der Waals surface area contributed by atoms with Crippen LogP contribution in [-0.4, -0.2) is 22.3 Å². The Morgan fingerprint density at radius 2 is 2.04 bits per heavy atom. The first-order valence-electron chi connectivity index (χ1n) is 7.47. The molecule has 1 aliphatic heterocycles. The summed E-state index contributed by atoms with van der Waals surface area (Å²) in [6.45, 7) is 0.705. The third-order valence-electron chi connectivity index (χ3n) is 3.81. The Hall–Kier alpha value is -3.08.